The van der Waals surface area contributed by atoms with Gasteiger partial charge in [0.25, 0.3) is 0 Å². The van der Waals surface area contributed by atoms with E-state index in [0.29, 0.717) is 0 Å². The topological polar surface area (TPSA) is 13.1 Å². The minimum absolute atomic E-state index is 0.938. The van der Waals surface area contributed by atoms with Gasteiger partial charge in [0.15, 0.2) is 0 Å². The molecule has 7 rings (SSSR count). The van der Waals surface area contributed by atoms with Gasteiger partial charge in [-0.3, -0.25) is 0 Å². The number of benzene rings is 6. The molecule has 0 atom stereocenters. The fourth-order valence-electron chi connectivity index (χ4n) is 5.14. The van der Waals surface area contributed by atoms with Gasteiger partial charge in [0.1, 0.15) is 11.2 Å². The van der Waals surface area contributed by atoms with Gasteiger partial charge in [-0.1, -0.05) is 84.9 Å². The van der Waals surface area contributed by atoms with E-state index in [1.54, 1.807) is 0 Å². The van der Waals surface area contributed by atoms with Crippen molar-refractivity contribution in [3.05, 3.63) is 96.6 Å². The zero-order valence-electron chi connectivity index (χ0n) is 16.6. The van der Waals surface area contributed by atoms with E-state index in [9.17, 15) is 0 Å². The van der Waals surface area contributed by atoms with Crippen LogP contribution in [-0.2, 0) is 0 Å². The lowest BCUT2D eigenvalue weighted by Crippen LogP contribution is -1.89. The number of para-hydroxylation sites is 2. The molecule has 0 saturated heterocycles. The zero-order chi connectivity index (χ0) is 19.8. The summed E-state index contributed by atoms with van der Waals surface area (Å²) in [6.07, 6.45) is 0. The summed E-state index contributed by atoms with van der Waals surface area (Å²) in [6, 6.07) is 32.8. The molecule has 0 radical (unpaired) electrons. The van der Waals surface area contributed by atoms with Crippen LogP contribution >= 0.6 is 0 Å². The average Bonchev–Trinajstić information content (AvgIpc) is 3.17. The van der Waals surface area contributed by atoms with Crippen molar-refractivity contribution in [2.24, 2.45) is 0 Å². The molecule has 30 heavy (non-hydrogen) atoms. The Morgan fingerprint density at radius 2 is 1.20 bits per heavy atom. The normalized spacial score (nSPS) is 12.2. The molecule has 7 aromatic rings. The summed E-state index contributed by atoms with van der Waals surface area (Å²) in [6.45, 7) is 2.20. The SMILES string of the molecule is Cc1ccc2ccc3c(-c4cccc5c4oc4ccccc45)ccc4ccc1c2c43. The Hall–Kier alpha value is -3.84. The standard InChI is InChI=1S/C29H18O/c1-17-9-10-18-13-16-23-21(15-12-19-11-14-20(17)27(18)28(19)23)24-6-4-7-25-22-5-2-3-8-26(22)30-29(24)25/h2-16H,1H3. The smallest absolute Gasteiger partial charge is 0.143 e. The van der Waals surface area contributed by atoms with Crippen LogP contribution in [0.15, 0.2) is 95.4 Å². The molecule has 140 valence electrons. The van der Waals surface area contributed by atoms with E-state index in [2.05, 4.69) is 85.8 Å². The van der Waals surface area contributed by atoms with Gasteiger partial charge in [0.2, 0.25) is 0 Å². The average molecular weight is 382 g/mol. The highest BCUT2D eigenvalue weighted by Gasteiger charge is 2.16. The van der Waals surface area contributed by atoms with E-state index in [0.717, 1.165) is 16.7 Å². The maximum Gasteiger partial charge on any atom is 0.143 e. The number of fused-ring (bicyclic) bond motifs is 3. The molecule has 0 saturated carbocycles. The molecule has 0 aliphatic heterocycles. The Bertz CT molecular complexity index is 1750. The van der Waals surface area contributed by atoms with Crippen LogP contribution in [0.3, 0.4) is 0 Å². The highest BCUT2D eigenvalue weighted by molar-refractivity contribution is 6.26. The lowest BCUT2D eigenvalue weighted by Gasteiger charge is -2.15. The van der Waals surface area contributed by atoms with Gasteiger partial charge in [-0.2, -0.15) is 0 Å². The molecule has 1 heteroatoms. The lowest BCUT2D eigenvalue weighted by atomic mass is 9.88. The molecule has 0 bridgehead atoms. The van der Waals surface area contributed by atoms with E-state index in [4.69, 9.17) is 4.42 Å². The second-order valence-corrected chi connectivity index (χ2v) is 8.20. The minimum Gasteiger partial charge on any atom is -0.455 e. The molecule has 0 aliphatic rings. The van der Waals surface area contributed by atoms with Crippen LogP contribution in [0.1, 0.15) is 5.56 Å². The van der Waals surface area contributed by atoms with Crippen molar-refractivity contribution in [3.8, 4) is 11.1 Å². The first-order valence-corrected chi connectivity index (χ1v) is 10.4. The monoisotopic (exact) mass is 382 g/mol. The first kappa shape index (κ1) is 16.0. The van der Waals surface area contributed by atoms with Crippen LogP contribution in [0.25, 0.3) is 65.4 Å². The van der Waals surface area contributed by atoms with E-state index in [-0.39, 0.29) is 0 Å². The second kappa shape index (κ2) is 5.61. The summed E-state index contributed by atoms with van der Waals surface area (Å²) >= 11 is 0. The second-order valence-electron chi connectivity index (χ2n) is 8.20. The van der Waals surface area contributed by atoms with Gasteiger partial charge < -0.3 is 4.42 Å². The fourth-order valence-corrected chi connectivity index (χ4v) is 5.14. The molecule has 0 aliphatic carbocycles. The van der Waals surface area contributed by atoms with Crippen LogP contribution < -0.4 is 0 Å². The lowest BCUT2D eigenvalue weighted by molar-refractivity contribution is 0.670. The molecular weight excluding hydrogens is 364 g/mol. The predicted molar refractivity (Wildman–Crippen MR) is 128 cm³/mol. The van der Waals surface area contributed by atoms with Crippen molar-refractivity contribution < 1.29 is 4.42 Å². The van der Waals surface area contributed by atoms with Crippen LogP contribution in [0.4, 0.5) is 0 Å². The number of aryl methyl sites for hydroxylation is 1. The van der Waals surface area contributed by atoms with Crippen molar-refractivity contribution in [1.29, 1.82) is 0 Å². The summed E-state index contributed by atoms with van der Waals surface area (Å²) in [5.41, 5.74) is 5.60. The molecule has 6 aromatic carbocycles. The molecule has 0 unspecified atom stereocenters. The first-order chi connectivity index (χ1) is 14.8. The third kappa shape index (κ3) is 1.97. The van der Waals surface area contributed by atoms with Gasteiger partial charge in [0, 0.05) is 16.3 Å². The molecule has 0 fully saturated rings. The molecule has 1 aromatic heterocycles. The molecule has 0 N–H and O–H groups in total. The van der Waals surface area contributed by atoms with Gasteiger partial charge in [-0.25, -0.2) is 0 Å². The van der Waals surface area contributed by atoms with Gasteiger partial charge in [-0.05, 0) is 56.4 Å². The summed E-state index contributed by atoms with van der Waals surface area (Å²) in [7, 11) is 0. The highest BCUT2D eigenvalue weighted by atomic mass is 16.3. The third-order valence-electron chi connectivity index (χ3n) is 6.58. The Labute approximate surface area is 173 Å². The molecule has 0 spiro atoms. The summed E-state index contributed by atoms with van der Waals surface area (Å²) < 4.78 is 6.35. The van der Waals surface area contributed by atoms with Crippen LogP contribution in [0.2, 0.25) is 0 Å². The van der Waals surface area contributed by atoms with Gasteiger partial charge >= 0.3 is 0 Å². The zero-order valence-corrected chi connectivity index (χ0v) is 16.6. The molecular formula is C29H18O. The van der Waals surface area contributed by atoms with Crippen LogP contribution in [-0.4, -0.2) is 0 Å². The molecule has 1 heterocycles. The summed E-state index contributed by atoms with van der Waals surface area (Å²) in [5.74, 6) is 0. The van der Waals surface area contributed by atoms with E-state index < -0.39 is 0 Å². The van der Waals surface area contributed by atoms with Crippen LogP contribution in [0.5, 0.6) is 0 Å². The summed E-state index contributed by atoms with van der Waals surface area (Å²) in [5, 5.41) is 10.3. The van der Waals surface area contributed by atoms with E-state index in [1.807, 2.05) is 12.1 Å². The first-order valence-electron chi connectivity index (χ1n) is 10.4. The molecule has 0 amide bonds. The van der Waals surface area contributed by atoms with Crippen molar-refractivity contribution >= 4 is 54.3 Å². The molecule has 1 nitrogen and oxygen atoms in total. The minimum atomic E-state index is 0.938. The van der Waals surface area contributed by atoms with E-state index in [1.165, 1.54) is 54.2 Å². The van der Waals surface area contributed by atoms with E-state index >= 15 is 0 Å². The Morgan fingerprint density at radius 1 is 0.500 bits per heavy atom. The fraction of sp³-hybridized carbons (Fsp3) is 0.0345. The highest BCUT2D eigenvalue weighted by Crippen LogP contribution is 2.42. The van der Waals surface area contributed by atoms with Crippen LogP contribution in [0, 0.1) is 6.92 Å². The third-order valence-corrected chi connectivity index (χ3v) is 6.58. The quantitative estimate of drug-likeness (QED) is 0.260. The Morgan fingerprint density at radius 3 is 2.10 bits per heavy atom. The maximum absolute atomic E-state index is 6.35. The number of furan rings is 1. The number of hydrogen-bond donors (Lipinski definition) is 0. The number of hydrogen-bond acceptors (Lipinski definition) is 1. The maximum atomic E-state index is 6.35. The van der Waals surface area contributed by atoms with Crippen molar-refractivity contribution in [2.45, 2.75) is 6.92 Å². The Kier molecular flexibility index (Phi) is 2.99. The number of rotatable bonds is 1. The predicted octanol–water partition coefficient (Wildman–Crippen LogP) is 8.46. The Balaban J connectivity index is 1.66. The van der Waals surface area contributed by atoms with Crippen molar-refractivity contribution in [2.75, 3.05) is 0 Å². The largest absolute Gasteiger partial charge is 0.455 e. The van der Waals surface area contributed by atoms with Crippen molar-refractivity contribution in [3.63, 3.8) is 0 Å². The van der Waals surface area contributed by atoms with Gasteiger partial charge in [0.05, 0.1) is 0 Å². The summed E-state index contributed by atoms with van der Waals surface area (Å²) in [4.78, 5) is 0. The van der Waals surface area contributed by atoms with Crippen molar-refractivity contribution in [1.82, 2.24) is 0 Å². The van der Waals surface area contributed by atoms with Gasteiger partial charge in [-0.15, -0.1) is 0 Å².